The predicted octanol–water partition coefficient (Wildman–Crippen LogP) is 1.02. The van der Waals surface area contributed by atoms with E-state index in [1.54, 1.807) is 6.07 Å². The summed E-state index contributed by atoms with van der Waals surface area (Å²) in [6.07, 6.45) is 2.88. The minimum atomic E-state index is -0.548. The summed E-state index contributed by atoms with van der Waals surface area (Å²) in [4.78, 5) is 29.2. The molecular weight excluding hydrogens is 308 g/mol. The molecule has 112 valence electrons. The molecule has 3 N–H and O–H groups in total. The van der Waals surface area contributed by atoms with Gasteiger partial charge in [0.15, 0.2) is 5.11 Å². The highest BCUT2D eigenvalue weighted by Crippen LogP contribution is 2.15. The molecule has 0 bridgehead atoms. The average molecular weight is 318 g/mol. The Morgan fingerprint density at radius 1 is 1.14 bits per heavy atom. The molecule has 2 aromatic rings. The number of thiocarbonyl (C=S) groups is 1. The number of carbonyl (C=O) groups is 1. The zero-order chi connectivity index (χ0) is 15.9. The molecule has 1 amide bonds. The molecule has 0 radical (unpaired) electrons. The minimum Gasteiger partial charge on any atom is -0.331 e. The highest BCUT2D eigenvalue weighted by Gasteiger charge is 2.08. The first-order valence-electron chi connectivity index (χ1n) is 5.95. The summed E-state index contributed by atoms with van der Waals surface area (Å²) in [5, 5.41) is 13.4. The fourth-order valence-corrected chi connectivity index (χ4v) is 1.58. The Kier molecular flexibility index (Phi) is 4.88. The van der Waals surface area contributed by atoms with Crippen LogP contribution in [-0.4, -0.2) is 25.9 Å². The van der Waals surface area contributed by atoms with Crippen LogP contribution in [0.5, 0.6) is 0 Å². The van der Waals surface area contributed by atoms with Crippen molar-refractivity contribution in [2.75, 3.05) is 5.32 Å². The van der Waals surface area contributed by atoms with Crippen molar-refractivity contribution >= 4 is 34.6 Å². The number of nitrogens with one attached hydrogen (secondary N) is 3. The van der Waals surface area contributed by atoms with E-state index in [1.807, 2.05) is 0 Å². The molecule has 0 unspecified atom stereocenters. The summed E-state index contributed by atoms with van der Waals surface area (Å²) in [6.45, 7) is 0. The Morgan fingerprint density at radius 3 is 2.36 bits per heavy atom. The SMILES string of the molecule is O=C(NNC(=S)Nc1ccc([N+](=O)[O-])cc1)c1ncccn1. The van der Waals surface area contributed by atoms with E-state index in [-0.39, 0.29) is 16.6 Å². The number of amides is 1. The van der Waals surface area contributed by atoms with E-state index in [0.29, 0.717) is 5.69 Å². The summed E-state index contributed by atoms with van der Waals surface area (Å²) >= 11 is 4.98. The predicted molar refractivity (Wildman–Crippen MR) is 82.0 cm³/mol. The zero-order valence-corrected chi connectivity index (χ0v) is 11.8. The van der Waals surface area contributed by atoms with Crippen molar-refractivity contribution in [3.63, 3.8) is 0 Å². The van der Waals surface area contributed by atoms with Crippen LogP contribution < -0.4 is 16.2 Å². The summed E-state index contributed by atoms with van der Waals surface area (Å²) in [6, 6.07) is 7.25. The van der Waals surface area contributed by atoms with Gasteiger partial charge in [-0.3, -0.25) is 25.8 Å². The van der Waals surface area contributed by atoms with Crippen molar-refractivity contribution in [2.24, 2.45) is 0 Å². The van der Waals surface area contributed by atoms with Crippen LogP contribution in [0.3, 0.4) is 0 Å². The van der Waals surface area contributed by atoms with Crippen LogP contribution in [0.2, 0.25) is 0 Å². The van der Waals surface area contributed by atoms with E-state index >= 15 is 0 Å². The molecule has 0 atom stereocenters. The number of anilines is 1. The normalized spacial score (nSPS) is 9.64. The van der Waals surface area contributed by atoms with E-state index in [4.69, 9.17) is 12.2 Å². The topological polar surface area (TPSA) is 122 Å². The molecule has 0 fully saturated rings. The number of benzene rings is 1. The van der Waals surface area contributed by atoms with Crippen LogP contribution in [0, 0.1) is 10.1 Å². The number of hydrogen-bond acceptors (Lipinski definition) is 6. The first-order chi connectivity index (χ1) is 10.6. The molecule has 0 saturated heterocycles. The smallest absolute Gasteiger partial charge is 0.307 e. The first-order valence-corrected chi connectivity index (χ1v) is 6.36. The lowest BCUT2D eigenvalue weighted by molar-refractivity contribution is -0.384. The van der Waals surface area contributed by atoms with Gasteiger partial charge in [0.25, 0.3) is 5.69 Å². The minimum absolute atomic E-state index is 0.00636. The summed E-state index contributed by atoms with van der Waals surface area (Å²) < 4.78 is 0. The van der Waals surface area contributed by atoms with Gasteiger partial charge in [-0.15, -0.1) is 0 Å². The maximum Gasteiger partial charge on any atom is 0.307 e. The number of nitro benzene ring substituents is 1. The van der Waals surface area contributed by atoms with Crippen molar-refractivity contribution in [3.05, 3.63) is 58.7 Å². The maximum absolute atomic E-state index is 11.7. The number of rotatable bonds is 3. The van der Waals surface area contributed by atoms with Gasteiger partial charge in [0.1, 0.15) is 0 Å². The van der Waals surface area contributed by atoms with E-state index in [1.165, 1.54) is 36.7 Å². The molecular formula is C12H10N6O3S. The molecule has 1 aromatic carbocycles. The van der Waals surface area contributed by atoms with Crippen molar-refractivity contribution in [3.8, 4) is 0 Å². The zero-order valence-electron chi connectivity index (χ0n) is 11.0. The van der Waals surface area contributed by atoms with Gasteiger partial charge in [0.2, 0.25) is 5.82 Å². The number of nitro groups is 1. The van der Waals surface area contributed by atoms with Crippen molar-refractivity contribution in [1.29, 1.82) is 0 Å². The molecule has 0 aliphatic carbocycles. The molecule has 1 heterocycles. The number of carbonyl (C=O) groups excluding carboxylic acids is 1. The lowest BCUT2D eigenvalue weighted by Gasteiger charge is -2.10. The van der Waals surface area contributed by atoms with Gasteiger partial charge in [-0.2, -0.15) is 0 Å². The second kappa shape index (κ2) is 7.04. The van der Waals surface area contributed by atoms with Gasteiger partial charge in [-0.25, -0.2) is 9.97 Å². The van der Waals surface area contributed by atoms with Crippen LogP contribution in [0.25, 0.3) is 0 Å². The van der Waals surface area contributed by atoms with Crippen LogP contribution in [0.1, 0.15) is 10.6 Å². The fraction of sp³-hybridized carbons (Fsp3) is 0. The standard InChI is InChI=1S/C12H10N6O3S/c19-11(10-13-6-1-7-14-10)16-17-12(22)15-8-2-4-9(5-3-8)18(20)21/h1-7H,(H,16,19)(H2,15,17,22). The van der Waals surface area contributed by atoms with Gasteiger partial charge in [0, 0.05) is 30.2 Å². The van der Waals surface area contributed by atoms with E-state index in [9.17, 15) is 14.9 Å². The van der Waals surface area contributed by atoms with Crippen molar-refractivity contribution in [1.82, 2.24) is 20.8 Å². The molecule has 2 rings (SSSR count). The van der Waals surface area contributed by atoms with E-state index in [0.717, 1.165) is 0 Å². The molecule has 0 spiro atoms. The van der Waals surface area contributed by atoms with Crippen LogP contribution in [0.4, 0.5) is 11.4 Å². The lowest BCUT2D eigenvalue weighted by Crippen LogP contribution is -2.44. The summed E-state index contributed by atoms with van der Waals surface area (Å²) in [5.41, 5.74) is 5.30. The third-order valence-electron chi connectivity index (χ3n) is 2.39. The Morgan fingerprint density at radius 2 is 1.77 bits per heavy atom. The Balaban J connectivity index is 1.85. The van der Waals surface area contributed by atoms with E-state index in [2.05, 4.69) is 26.1 Å². The van der Waals surface area contributed by atoms with Gasteiger partial charge < -0.3 is 5.32 Å². The van der Waals surface area contributed by atoms with Gasteiger partial charge in [0.05, 0.1) is 4.92 Å². The van der Waals surface area contributed by atoms with Crippen molar-refractivity contribution < 1.29 is 9.72 Å². The number of hydrazine groups is 1. The second-order valence-corrected chi connectivity index (χ2v) is 4.32. The van der Waals surface area contributed by atoms with Crippen molar-refractivity contribution in [2.45, 2.75) is 0 Å². The number of non-ortho nitro benzene ring substituents is 1. The summed E-state index contributed by atoms with van der Waals surface area (Å²) in [5.74, 6) is -0.554. The largest absolute Gasteiger partial charge is 0.331 e. The third kappa shape index (κ3) is 4.18. The molecule has 1 aromatic heterocycles. The van der Waals surface area contributed by atoms with E-state index < -0.39 is 10.8 Å². The third-order valence-corrected chi connectivity index (χ3v) is 2.60. The number of hydrogen-bond donors (Lipinski definition) is 3. The average Bonchev–Trinajstić information content (AvgIpc) is 2.54. The van der Waals surface area contributed by atoms with Gasteiger partial charge in [-0.05, 0) is 30.4 Å². The Bertz CT molecular complexity index is 692. The first kappa shape index (κ1) is 15.3. The summed E-state index contributed by atoms with van der Waals surface area (Å²) in [7, 11) is 0. The van der Waals surface area contributed by atoms with Crippen LogP contribution in [-0.2, 0) is 0 Å². The van der Waals surface area contributed by atoms with Crippen LogP contribution >= 0.6 is 12.2 Å². The molecule has 10 heteroatoms. The molecule has 22 heavy (non-hydrogen) atoms. The molecule has 0 saturated carbocycles. The number of nitrogens with zero attached hydrogens (tertiary/aromatic N) is 3. The van der Waals surface area contributed by atoms with Gasteiger partial charge >= 0.3 is 5.91 Å². The highest BCUT2D eigenvalue weighted by atomic mass is 32.1. The second-order valence-electron chi connectivity index (χ2n) is 3.91. The monoisotopic (exact) mass is 318 g/mol. The molecule has 0 aliphatic rings. The molecule has 0 aliphatic heterocycles. The highest BCUT2D eigenvalue weighted by molar-refractivity contribution is 7.80. The van der Waals surface area contributed by atoms with Gasteiger partial charge in [-0.1, -0.05) is 0 Å². The Labute approximate surface area is 129 Å². The fourth-order valence-electron chi connectivity index (χ4n) is 1.41. The lowest BCUT2D eigenvalue weighted by atomic mass is 10.3. The molecule has 9 nitrogen and oxygen atoms in total. The Hall–Kier alpha value is -3.14. The number of aromatic nitrogens is 2. The van der Waals surface area contributed by atoms with Crippen LogP contribution in [0.15, 0.2) is 42.7 Å². The maximum atomic E-state index is 11.7. The quantitative estimate of drug-likeness (QED) is 0.435.